The van der Waals surface area contributed by atoms with E-state index in [2.05, 4.69) is 26.8 Å². The SMILES string of the molecule is CC1=C(O)C(=O)C=C2C1=CC=C1[C@@]2(C)CC[C@@]2(C)[C@@H]3CC(=O)[C@](C)(O)C(=O)[C@]3(C)CC[C@]12C. The maximum atomic E-state index is 13.4. The number of rotatable bonds is 0. The number of carbonyl (C=O) groups is 3. The molecular formula is C28H34O5. The van der Waals surface area contributed by atoms with Crippen molar-refractivity contribution in [3.05, 3.63) is 46.3 Å². The van der Waals surface area contributed by atoms with Crippen LogP contribution < -0.4 is 0 Å². The first-order valence-electron chi connectivity index (χ1n) is 12.1. The number of ketones is 3. The Kier molecular flexibility index (Phi) is 4.26. The van der Waals surface area contributed by atoms with Crippen LogP contribution in [0.2, 0.25) is 0 Å². The van der Waals surface area contributed by atoms with E-state index in [4.69, 9.17) is 0 Å². The molecule has 0 radical (unpaired) electrons. The van der Waals surface area contributed by atoms with Crippen LogP contribution in [0.4, 0.5) is 0 Å². The van der Waals surface area contributed by atoms with Crippen molar-refractivity contribution in [3.8, 4) is 0 Å². The predicted octanol–water partition coefficient (Wildman–Crippen LogP) is 4.72. The molecule has 0 aromatic rings. The molecule has 6 atom stereocenters. The molecule has 5 aliphatic carbocycles. The van der Waals surface area contributed by atoms with E-state index in [9.17, 15) is 24.6 Å². The minimum Gasteiger partial charge on any atom is -0.504 e. The van der Waals surface area contributed by atoms with E-state index in [-0.39, 0.29) is 51.7 Å². The van der Waals surface area contributed by atoms with E-state index in [1.54, 1.807) is 13.0 Å². The second kappa shape index (κ2) is 6.24. The molecule has 33 heavy (non-hydrogen) atoms. The van der Waals surface area contributed by atoms with Gasteiger partial charge in [0.1, 0.15) is 0 Å². The van der Waals surface area contributed by atoms with Gasteiger partial charge in [0.05, 0.1) is 0 Å². The Hall–Kier alpha value is -2.27. The molecule has 2 N–H and O–H groups in total. The second-order valence-electron chi connectivity index (χ2n) is 12.1. The number of aliphatic hydroxyl groups is 2. The van der Waals surface area contributed by atoms with E-state index in [0.29, 0.717) is 12.0 Å². The number of hydrogen-bond acceptors (Lipinski definition) is 5. The van der Waals surface area contributed by atoms with E-state index < -0.39 is 11.0 Å². The lowest BCUT2D eigenvalue weighted by Gasteiger charge is -2.68. The molecule has 0 bridgehead atoms. The van der Waals surface area contributed by atoms with Gasteiger partial charge in [0, 0.05) is 22.8 Å². The van der Waals surface area contributed by atoms with E-state index in [1.165, 1.54) is 12.5 Å². The fraction of sp³-hybridized carbons (Fsp3) is 0.607. The van der Waals surface area contributed by atoms with Crippen LogP contribution in [0, 0.1) is 27.6 Å². The smallest absolute Gasteiger partial charge is 0.220 e. The topological polar surface area (TPSA) is 91.7 Å². The van der Waals surface area contributed by atoms with Gasteiger partial charge in [0.25, 0.3) is 0 Å². The predicted molar refractivity (Wildman–Crippen MR) is 124 cm³/mol. The zero-order chi connectivity index (χ0) is 24.4. The molecule has 0 amide bonds. The number of aliphatic hydroxyl groups excluding tert-OH is 1. The Bertz CT molecular complexity index is 1160. The second-order valence-corrected chi connectivity index (χ2v) is 12.1. The summed E-state index contributed by atoms with van der Waals surface area (Å²) in [5, 5.41) is 20.9. The average Bonchev–Trinajstić information content (AvgIpc) is 2.75. The van der Waals surface area contributed by atoms with Crippen molar-refractivity contribution >= 4 is 17.3 Å². The van der Waals surface area contributed by atoms with Crippen LogP contribution in [0.15, 0.2) is 46.3 Å². The van der Waals surface area contributed by atoms with Crippen LogP contribution >= 0.6 is 0 Å². The summed E-state index contributed by atoms with van der Waals surface area (Å²) in [5.41, 5.74) is 0.204. The molecule has 0 aromatic carbocycles. The minimum atomic E-state index is -1.90. The first-order valence-corrected chi connectivity index (χ1v) is 12.1. The van der Waals surface area contributed by atoms with Crippen molar-refractivity contribution in [2.45, 2.75) is 79.2 Å². The summed E-state index contributed by atoms with van der Waals surface area (Å²) in [7, 11) is 0. The highest BCUT2D eigenvalue weighted by atomic mass is 16.3. The maximum Gasteiger partial charge on any atom is 0.220 e. The summed E-state index contributed by atoms with van der Waals surface area (Å²) >= 11 is 0. The maximum absolute atomic E-state index is 13.4. The van der Waals surface area contributed by atoms with Gasteiger partial charge in [0.15, 0.2) is 22.9 Å². The normalized spacial score (nSPS) is 47.1. The molecule has 0 spiro atoms. The number of fused-ring (bicyclic) bond motifs is 7. The summed E-state index contributed by atoms with van der Waals surface area (Å²) in [4.78, 5) is 38.8. The first-order chi connectivity index (χ1) is 15.1. The molecule has 5 heteroatoms. The molecule has 5 aliphatic rings. The molecular weight excluding hydrogens is 416 g/mol. The molecule has 3 saturated carbocycles. The van der Waals surface area contributed by atoms with Crippen LogP contribution in [0.5, 0.6) is 0 Å². The Morgan fingerprint density at radius 2 is 1.61 bits per heavy atom. The molecule has 5 nitrogen and oxygen atoms in total. The van der Waals surface area contributed by atoms with Gasteiger partial charge in [-0.3, -0.25) is 14.4 Å². The fourth-order valence-electron chi connectivity index (χ4n) is 8.27. The molecule has 176 valence electrons. The molecule has 0 aromatic heterocycles. The monoisotopic (exact) mass is 450 g/mol. The van der Waals surface area contributed by atoms with Crippen LogP contribution in [0.3, 0.4) is 0 Å². The van der Waals surface area contributed by atoms with Gasteiger partial charge in [-0.2, -0.15) is 0 Å². The highest BCUT2D eigenvalue weighted by Gasteiger charge is 2.70. The van der Waals surface area contributed by atoms with Gasteiger partial charge in [-0.05, 0) is 73.5 Å². The lowest BCUT2D eigenvalue weighted by atomic mass is 9.34. The van der Waals surface area contributed by atoms with E-state index in [0.717, 1.165) is 30.4 Å². The van der Waals surface area contributed by atoms with Crippen molar-refractivity contribution in [2.24, 2.45) is 27.6 Å². The van der Waals surface area contributed by atoms with Gasteiger partial charge < -0.3 is 10.2 Å². The lowest BCUT2D eigenvalue weighted by Crippen LogP contribution is -2.68. The number of allylic oxidation sites excluding steroid dienone is 7. The van der Waals surface area contributed by atoms with Crippen LogP contribution in [-0.4, -0.2) is 33.2 Å². The zero-order valence-corrected chi connectivity index (χ0v) is 20.5. The molecule has 0 unspecified atom stereocenters. The quantitative estimate of drug-likeness (QED) is 0.521. The van der Waals surface area contributed by atoms with Crippen molar-refractivity contribution in [1.82, 2.24) is 0 Å². The summed E-state index contributed by atoms with van der Waals surface area (Å²) in [5.74, 6) is -1.37. The third kappa shape index (κ3) is 2.39. The van der Waals surface area contributed by atoms with Crippen molar-refractivity contribution in [1.29, 1.82) is 0 Å². The van der Waals surface area contributed by atoms with Crippen LogP contribution in [0.25, 0.3) is 0 Å². The van der Waals surface area contributed by atoms with Gasteiger partial charge in [-0.1, -0.05) is 45.4 Å². The highest BCUT2D eigenvalue weighted by molar-refractivity contribution is 6.14. The summed E-state index contributed by atoms with van der Waals surface area (Å²) in [6, 6.07) is 0. The highest BCUT2D eigenvalue weighted by Crippen LogP contribution is 2.74. The third-order valence-corrected chi connectivity index (χ3v) is 10.7. The largest absolute Gasteiger partial charge is 0.504 e. The van der Waals surface area contributed by atoms with Crippen molar-refractivity contribution < 1.29 is 24.6 Å². The summed E-state index contributed by atoms with van der Waals surface area (Å²) < 4.78 is 0. The molecule has 0 heterocycles. The Balaban J connectivity index is 1.67. The van der Waals surface area contributed by atoms with Gasteiger partial charge in [-0.25, -0.2) is 0 Å². The third-order valence-electron chi connectivity index (χ3n) is 10.7. The van der Waals surface area contributed by atoms with Crippen LogP contribution in [0.1, 0.15) is 73.6 Å². The van der Waals surface area contributed by atoms with Gasteiger partial charge in [-0.15, -0.1) is 0 Å². The van der Waals surface area contributed by atoms with E-state index >= 15 is 0 Å². The summed E-state index contributed by atoms with van der Waals surface area (Å²) in [6.07, 6.45) is 9.00. The van der Waals surface area contributed by atoms with Gasteiger partial charge in [0.2, 0.25) is 5.78 Å². The fourth-order valence-corrected chi connectivity index (χ4v) is 8.27. The molecule has 3 fully saturated rings. The zero-order valence-electron chi connectivity index (χ0n) is 20.5. The molecule has 5 rings (SSSR count). The van der Waals surface area contributed by atoms with Gasteiger partial charge >= 0.3 is 0 Å². The van der Waals surface area contributed by atoms with E-state index in [1.807, 2.05) is 13.0 Å². The van der Waals surface area contributed by atoms with Crippen molar-refractivity contribution in [2.75, 3.05) is 0 Å². The van der Waals surface area contributed by atoms with Crippen molar-refractivity contribution in [3.63, 3.8) is 0 Å². The Labute approximate surface area is 195 Å². The molecule has 0 saturated heterocycles. The molecule has 0 aliphatic heterocycles. The lowest BCUT2D eigenvalue weighted by molar-refractivity contribution is -0.188. The number of hydrogen-bond donors (Lipinski definition) is 2. The number of carbonyl (C=O) groups excluding carboxylic acids is 3. The van der Waals surface area contributed by atoms with Crippen LogP contribution in [-0.2, 0) is 14.4 Å². The first kappa shape index (κ1) is 22.5. The minimum absolute atomic E-state index is 0.146. The summed E-state index contributed by atoms with van der Waals surface area (Å²) in [6.45, 7) is 11.8. The Morgan fingerprint density at radius 1 is 0.939 bits per heavy atom. The average molecular weight is 451 g/mol. The standard InChI is InChI=1S/C28H34O5/c1-15-16-7-8-19-24(2,17(16)13-18(29)22(15)31)9-11-27(5)20-14-21(30)28(6,33)23(32)25(20,3)10-12-26(19,27)4/h7-8,13,20,31,33H,9-12,14H2,1-6H3/t20-,24+,25-,26-,27+,28+/m1/s1. The number of Topliss-reactive ketones (excluding diaryl/α,β-unsaturated/α-hetero) is 2. The Morgan fingerprint density at radius 3 is 2.27 bits per heavy atom.